The Bertz CT molecular complexity index is 598. The monoisotopic (exact) mass is 249 g/mol. The van der Waals surface area contributed by atoms with E-state index in [0.29, 0.717) is 17.6 Å². The van der Waals surface area contributed by atoms with Crippen molar-refractivity contribution in [2.24, 2.45) is 11.1 Å². The average Bonchev–Trinajstić information content (AvgIpc) is 2.69. The predicted molar refractivity (Wildman–Crippen MR) is 71.5 cm³/mol. The fourth-order valence-corrected chi connectivity index (χ4v) is 2.27. The smallest absolute Gasteiger partial charge is 0.408 e. The predicted octanol–water partition coefficient (Wildman–Crippen LogP) is 1.37. The van der Waals surface area contributed by atoms with Crippen LogP contribution in [0.2, 0.25) is 0 Å². The van der Waals surface area contributed by atoms with E-state index in [1.165, 1.54) is 0 Å². The van der Waals surface area contributed by atoms with Gasteiger partial charge in [0, 0.05) is 6.04 Å². The molecule has 0 amide bonds. The molecule has 1 aromatic carbocycles. The molecular formula is C13H19N3O2. The second-order valence-electron chi connectivity index (χ2n) is 5.18. The van der Waals surface area contributed by atoms with Crippen LogP contribution in [0, 0.1) is 5.41 Å². The molecule has 4 N–H and O–H groups in total. The average molecular weight is 249 g/mol. The minimum Gasteiger partial charge on any atom is -0.408 e. The molecule has 0 spiro atoms. The van der Waals surface area contributed by atoms with E-state index in [0.717, 1.165) is 5.56 Å². The number of aromatic amines is 1. The standard InChI is InChI=1S/C13H19N3O2/c1-13(2,7-14)11(15-3)8-4-5-9-10(6-8)18-12(17)16-9/h4-6,11,15H,7,14H2,1-3H3,(H,16,17). The molecule has 5 heteroatoms. The van der Waals surface area contributed by atoms with Gasteiger partial charge in [-0.25, -0.2) is 4.79 Å². The molecule has 0 saturated heterocycles. The Morgan fingerprint density at radius 2 is 2.22 bits per heavy atom. The molecule has 0 aliphatic rings. The van der Waals surface area contributed by atoms with Gasteiger partial charge < -0.3 is 15.5 Å². The lowest BCUT2D eigenvalue weighted by atomic mass is 9.80. The zero-order valence-corrected chi connectivity index (χ0v) is 10.9. The molecule has 0 radical (unpaired) electrons. The lowest BCUT2D eigenvalue weighted by molar-refractivity contribution is 0.265. The normalized spacial score (nSPS) is 14.0. The van der Waals surface area contributed by atoms with Crippen molar-refractivity contribution in [2.45, 2.75) is 19.9 Å². The van der Waals surface area contributed by atoms with Gasteiger partial charge in [0.25, 0.3) is 0 Å². The van der Waals surface area contributed by atoms with Crippen LogP contribution in [-0.4, -0.2) is 18.6 Å². The maximum atomic E-state index is 11.1. The number of aromatic nitrogens is 1. The molecule has 0 bridgehead atoms. The molecule has 0 saturated carbocycles. The van der Waals surface area contributed by atoms with Crippen molar-refractivity contribution in [1.82, 2.24) is 10.3 Å². The number of oxazole rings is 1. The Morgan fingerprint density at radius 1 is 1.50 bits per heavy atom. The van der Waals surface area contributed by atoms with Gasteiger partial charge in [0.2, 0.25) is 0 Å². The zero-order chi connectivity index (χ0) is 13.3. The molecule has 0 aliphatic carbocycles. The molecule has 5 nitrogen and oxygen atoms in total. The van der Waals surface area contributed by atoms with Crippen LogP contribution in [0.4, 0.5) is 0 Å². The van der Waals surface area contributed by atoms with Gasteiger partial charge in [-0.05, 0) is 36.7 Å². The molecule has 1 heterocycles. The van der Waals surface area contributed by atoms with E-state index >= 15 is 0 Å². The minimum atomic E-state index is -0.429. The number of rotatable bonds is 4. The molecule has 2 aromatic rings. The number of H-pyrrole nitrogens is 1. The van der Waals surface area contributed by atoms with Crippen molar-refractivity contribution in [3.05, 3.63) is 34.3 Å². The third-order valence-electron chi connectivity index (χ3n) is 3.37. The first kappa shape index (κ1) is 12.9. The first-order chi connectivity index (χ1) is 8.47. The van der Waals surface area contributed by atoms with Crippen LogP contribution in [0.1, 0.15) is 25.5 Å². The number of hydrogen-bond acceptors (Lipinski definition) is 4. The summed E-state index contributed by atoms with van der Waals surface area (Å²) >= 11 is 0. The summed E-state index contributed by atoms with van der Waals surface area (Å²) in [5, 5.41) is 3.27. The summed E-state index contributed by atoms with van der Waals surface area (Å²) in [5.74, 6) is -0.429. The van der Waals surface area contributed by atoms with Gasteiger partial charge in [0.15, 0.2) is 5.58 Å². The Balaban J connectivity index is 2.48. The summed E-state index contributed by atoms with van der Waals surface area (Å²) in [6.45, 7) is 4.77. The van der Waals surface area contributed by atoms with Crippen molar-refractivity contribution in [1.29, 1.82) is 0 Å². The van der Waals surface area contributed by atoms with E-state index in [1.807, 2.05) is 25.2 Å². The van der Waals surface area contributed by atoms with Crippen LogP contribution < -0.4 is 16.8 Å². The molecule has 0 aliphatic heterocycles. The van der Waals surface area contributed by atoms with Gasteiger partial charge in [-0.1, -0.05) is 19.9 Å². The lowest BCUT2D eigenvalue weighted by Gasteiger charge is -2.33. The maximum absolute atomic E-state index is 11.1. The van der Waals surface area contributed by atoms with Gasteiger partial charge in [-0.2, -0.15) is 0 Å². The van der Waals surface area contributed by atoms with Crippen LogP contribution in [0.5, 0.6) is 0 Å². The highest BCUT2D eigenvalue weighted by molar-refractivity contribution is 5.72. The largest absolute Gasteiger partial charge is 0.417 e. The molecule has 18 heavy (non-hydrogen) atoms. The van der Waals surface area contributed by atoms with Gasteiger partial charge in [-0.3, -0.25) is 4.98 Å². The fourth-order valence-electron chi connectivity index (χ4n) is 2.27. The second kappa shape index (κ2) is 4.59. The van der Waals surface area contributed by atoms with E-state index in [1.54, 1.807) is 0 Å². The molecule has 1 atom stereocenters. The SMILES string of the molecule is CNC(c1ccc2[nH]c(=O)oc2c1)C(C)(C)CN. The van der Waals surface area contributed by atoms with E-state index < -0.39 is 5.76 Å². The summed E-state index contributed by atoms with van der Waals surface area (Å²) in [4.78, 5) is 13.8. The van der Waals surface area contributed by atoms with Gasteiger partial charge >= 0.3 is 5.76 Å². The lowest BCUT2D eigenvalue weighted by Crippen LogP contribution is -2.37. The number of nitrogens with two attached hydrogens (primary N) is 1. The van der Waals surface area contributed by atoms with Gasteiger partial charge in [0.1, 0.15) is 0 Å². The number of fused-ring (bicyclic) bond motifs is 1. The van der Waals surface area contributed by atoms with E-state index in [-0.39, 0.29) is 11.5 Å². The summed E-state index contributed by atoms with van der Waals surface area (Å²) in [6, 6.07) is 5.82. The number of nitrogens with one attached hydrogen (secondary N) is 2. The summed E-state index contributed by atoms with van der Waals surface area (Å²) in [5.41, 5.74) is 8.08. The van der Waals surface area contributed by atoms with Crippen molar-refractivity contribution >= 4 is 11.1 Å². The van der Waals surface area contributed by atoms with Crippen molar-refractivity contribution < 1.29 is 4.42 Å². The van der Waals surface area contributed by atoms with Crippen molar-refractivity contribution in [3.8, 4) is 0 Å². The maximum Gasteiger partial charge on any atom is 0.417 e. The molecule has 98 valence electrons. The van der Waals surface area contributed by atoms with Crippen LogP contribution in [0.3, 0.4) is 0 Å². The third-order valence-corrected chi connectivity index (χ3v) is 3.37. The first-order valence-electron chi connectivity index (χ1n) is 5.98. The Morgan fingerprint density at radius 3 is 2.83 bits per heavy atom. The first-order valence-corrected chi connectivity index (χ1v) is 5.98. The highest BCUT2D eigenvalue weighted by Gasteiger charge is 2.28. The topological polar surface area (TPSA) is 84.0 Å². The van der Waals surface area contributed by atoms with Crippen molar-refractivity contribution in [2.75, 3.05) is 13.6 Å². The van der Waals surface area contributed by atoms with Gasteiger partial charge in [-0.15, -0.1) is 0 Å². The highest BCUT2D eigenvalue weighted by atomic mass is 16.4. The Labute approximate surface area is 105 Å². The van der Waals surface area contributed by atoms with E-state index in [9.17, 15) is 4.79 Å². The van der Waals surface area contributed by atoms with E-state index in [2.05, 4.69) is 24.1 Å². The van der Waals surface area contributed by atoms with Crippen molar-refractivity contribution in [3.63, 3.8) is 0 Å². The summed E-state index contributed by atoms with van der Waals surface area (Å²) < 4.78 is 5.08. The molecule has 2 rings (SSSR count). The molecule has 1 aromatic heterocycles. The molecule has 1 unspecified atom stereocenters. The van der Waals surface area contributed by atoms with Crippen LogP contribution in [0.25, 0.3) is 11.1 Å². The number of benzene rings is 1. The van der Waals surface area contributed by atoms with Crippen LogP contribution in [0.15, 0.2) is 27.4 Å². The van der Waals surface area contributed by atoms with E-state index in [4.69, 9.17) is 10.2 Å². The Hall–Kier alpha value is -1.59. The summed E-state index contributed by atoms with van der Waals surface area (Å²) in [6.07, 6.45) is 0. The third kappa shape index (κ3) is 2.19. The second-order valence-corrected chi connectivity index (χ2v) is 5.18. The van der Waals surface area contributed by atoms with Crippen LogP contribution >= 0.6 is 0 Å². The highest BCUT2D eigenvalue weighted by Crippen LogP contribution is 2.33. The molecule has 0 fully saturated rings. The number of hydrogen-bond donors (Lipinski definition) is 3. The minimum absolute atomic E-state index is 0.0843. The van der Waals surface area contributed by atoms with Crippen LogP contribution in [-0.2, 0) is 0 Å². The van der Waals surface area contributed by atoms with Gasteiger partial charge in [0.05, 0.1) is 5.52 Å². The molecular weight excluding hydrogens is 230 g/mol. The quantitative estimate of drug-likeness (QED) is 0.764. The zero-order valence-electron chi connectivity index (χ0n) is 10.9. The summed E-state index contributed by atoms with van der Waals surface area (Å²) in [7, 11) is 1.90. The Kier molecular flexibility index (Phi) is 3.28. The fraction of sp³-hybridized carbons (Fsp3) is 0.462.